The molecule has 5 nitrogen and oxygen atoms in total. The average molecular weight is 225 g/mol. The number of hydrogen-bond acceptors (Lipinski definition) is 4. The van der Waals surface area contributed by atoms with Crippen LogP contribution in [0.4, 0.5) is 0 Å². The van der Waals surface area contributed by atoms with Crippen molar-refractivity contribution >= 4 is 11.8 Å². The zero-order chi connectivity index (χ0) is 11.5. The molecular formula is C11H19N3O2. The number of rotatable bonds is 4. The second kappa shape index (κ2) is 4.93. The first-order chi connectivity index (χ1) is 7.72. The van der Waals surface area contributed by atoms with Gasteiger partial charge in [-0.3, -0.25) is 19.4 Å². The van der Waals surface area contributed by atoms with E-state index in [1.54, 1.807) is 0 Å². The number of hydrogen-bond donors (Lipinski definition) is 1. The summed E-state index contributed by atoms with van der Waals surface area (Å²) in [5, 5.41) is 3.19. The van der Waals surface area contributed by atoms with Crippen LogP contribution in [0, 0.1) is 0 Å². The number of carbonyl (C=O) groups is 2. The van der Waals surface area contributed by atoms with Crippen LogP contribution in [-0.4, -0.2) is 60.4 Å². The monoisotopic (exact) mass is 225 g/mol. The molecule has 90 valence electrons. The summed E-state index contributed by atoms with van der Waals surface area (Å²) in [7, 11) is 0. The normalized spacial score (nSPS) is 21.6. The summed E-state index contributed by atoms with van der Waals surface area (Å²) < 4.78 is 0. The minimum Gasteiger partial charge on any atom is -0.314 e. The molecule has 2 rings (SSSR count). The van der Waals surface area contributed by atoms with Gasteiger partial charge < -0.3 is 5.32 Å². The highest BCUT2D eigenvalue weighted by Gasteiger charge is 2.30. The maximum Gasteiger partial charge on any atom is 0.243 e. The molecule has 1 N–H and O–H groups in total. The highest BCUT2D eigenvalue weighted by Crippen LogP contribution is 2.11. The van der Waals surface area contributed by atoms with E-state index in [0.29, 0.717) is 25.6 Å². The number of amides is 2. The molecule has 2 fully saturated rings. The van der Waals surface area contributed by atoms with Gasteiger partial charge in [-0.2, -0.15) is 0 Å². The summed E-state index contributed by atoms with van der Waals surface area (Å²) in [5.74, 6) is -0.0379. The lowest BCUT2D eigenvalue weighted by molar-refractivity contribution is -0.143. The summed E-state index contributed by atoms with van der Waals surface area (Å²) in [6, 6.07) is 0.464. The number of likely N-dealkylation sites (N-methyl/N-ethyl adjacent to an activating group) is 1. The number of nitrogens with one attached hydrogen (secondary N) is 1. The minimum atomic E-state index is -0.0312. The van der Waals surface area contributed by atoms with Gasteiger partial charge in [-0.05, 0) is 13.0 Å². The van der Waals surface area contributed by atoms with Crippen molar-refractivity contribution in [2.45, 2.75) is 25.8 Å². The zero-order valence-electron chi connectivity index (χ0n) is 9.74. The average Bonchev–Trinajstić information content (AvgIpc) is 2.60. The van der Waals surface area contributed by atoms with E-state index in [1.807, 2.05) is 0 Å². The molecule has 2 heterocycles. The highest BCUT2D eigenvalue weighted by atomic mass is 16.2. The van der Waals surface area contributed by atoms with Crippen LogP contribution < -0.4 is 5.32 Å². The van der Waals surface area contributed by atoms with E-state index < -0.39 is 0 Å². The van der Waals surface area contributed by atoms with Gasteiger partial charge in [0.15, 0.2) is 0 Å². The number of nitrogens with zero attached hydrogens (tertiary/aromatic N) is 2. The SMILES string of the molecule is CCN(CC(=O)N1CCCC1=O)C1CNC1. The van der Waals surface area contributed by atoms with E-state index in [4.69, 9.17) is 0 Å². The van der Waals surface area contributed by atoms with Gasteiger partial charge in [0, 0.05) is 32.1 Å². The largest absolute Gasteiger partial charge is 0.314 e. The van der Waals surface area contributed by atoms with Gasteiger partial charge in [0.25, 0.3) is 0 Å². The molecule has 2 aliphatic rings. The molecule has 2 amide bonds. The Morgan fingerprint density at radius 1 is 1.56 bits per heavy atom. The second-order valence-corrected chi connectivity index (χ2v) is 4.42. The zero-order valence-corrected chi connectivity index (χ0v) is 9.74. The third-order valence-electron chi connectivity index (χ3n) is 3.40. The van der Waals surface area contributed by atoms with E-state index >= 15 is 0 Å². The third kappa shape index (κ3) is 2.25. The Bertz CT molecular complexity index is 289. The predicted octanol–water partition coefficient (Wildman–Crippen LogP) is -0.571. The van der Waals surface area contributed by atoms with Crippen LogP contribution in [0.1, 0.15) is 19.8 Å². The van der Waals surface area contributed by atoms with Gasteiger partial charge >= 0.3 is 0 Å². The summed E-state index contributed by atoms with van der Waals surface area (Å²) >= 11 is 0. The first-order valence-corrected chi connectivity index (χ1v) is 6.00. The lowest BCUT2D eigenvalue weighted by Gasteiger charge is -2.37. The van der Waals surface area contributed by atoms with Gasteiger partial charge in [-0.15, -0.1) is 0 Å². The van der Waals surface area contributed by atoms with Gasteiger partial charge in [0.05, 0.1) is 6.54 Å². The Labute approximate surface area is 95.8 Å². The number of carbonyl (C=O) groups excluding carboxylic acids is 2. The van der Waals surface area contributed by atoms with E-state index in [0.717, 1.165) is 26.1 Å². The molecule has 0 radical (unpaired) electrons. The van der Waals surface area contributed by atoms with Crippen molar-refractivity contribution in [3.05, 3.63) is 0 Å². The molecule has 0 saturated carbocycles. The van der Waals surface area contributed by atoms with E-state index in [9.17, 15) is 9.59 Å². The summed E-state index contributed by atoms with van der Waals surface area (Å²) in [4.78, 5) is 26.9. The molecule has 0 unspecified atom stereocenters. The fourth-order valence-corrected chi connectivity index (χ4v) is 2.20. The molecule has 0 aromatic carbocycles. The fraction of sp³-hybridized carbons (Fsp3) is 0.818. The van der Waals surface area contributed by atoms with Crippen molar-refractivity contribution in [3.8, 4) is 0 Å². The lowest BCUT2D eigenvalue weighted by atomic mass is 10.1. The molecule has 2 aliphatic heterocycles. The van der Waals surface area contributed by atoms with Gasteiger partial charge in [-0.1, -0.05) is 6.92 Å². The molecule has 5 heteroatoms. The van der Waals surface area contributed by atoms with Gasteiger partial charge in [0.1, 0.15) is 0 Å². The van der Waals surface area contributed by atoms with Crippen molar-refractivity contribution in [3.63, 3.8) is 0 Å². The predicted molar refractivity (Wildman–Crippen MR) is 59.9 cm³/mol. The van der Waals surface area contributed by atoms with Crippen molar-refractivity contribution in [2.24, 2.45) is 0 Å². The molecule has 0 aromatic rings. The van der Waals surface area contributed by atoms with Gasteiger partial charge in [-0.25, -0.2) is 0 Å². The van der Waals surface area contributed by atoms with Crippen LogP contribution >= 0.6 is 0 Å². The Morgan fingerprint density at radius 2 is 2.31 bits per heavy atom. The molecule has 0 atom stereocenters. The Hall–Kier alpha value is -0.940. The highest BCUT2D eigenvalue weighted by molar-refractivity contribution is 5.97. The maximum absolute atomic E-state index is 11.9. The molecule has 16 heavy (non-hydrogen) atoms. The van der Waals surface area contributed by atoms with Crippen LogP contribution in [0.15, 0.2) is 0 Å². The van der Waals surface area contributed by atoms with Crippen LogP contribution in [0.5, 0.6) is 0 Å². The standard InChI is InChI=1S/C11H19N3O2/c1-2-13(9-6-12-7-9)8-11(16)14-5-3-4-10(14)15/h9,12H,2-8H2,1H3. The first kappa shape index (κ1) is 11.5. The Kier molecular flexibility index (Phi) is 3.56. The topological polar surface area (TPSA) is 52.7 Å². The van der Waals surface area contributed by atoms with Crippen LogP contribution in [0.2, 0.25) is 0 Å². The maximum atomic E-state index is 11.9. The first-order valence-electron chi connectivity index (χ1n) is 6.00. The second-order valence-electron chi connectivity index (χ2n) is 4.42. The van der Waals surface area contributed by atoms with E-state index in [1.165, 1.54) is 4.90 Å². The van der Waals surface area contributed by atoms with Crippen molar-refractivity contribution in [1.29, 1.82) is 0 Å². The molecular weight excluding hydrogens is 206 g/mol. The van der Waals surface area contributed by atoms with Crippen LogP contribution in [0.25, 0.3) is 0 Å². The number of likely N-dealkylation sites (tertiary alicyclic amines) is 1. The molecule has 0 spiro atoms. The third-order valence-corrected chi connectivity index (χ3v) is 3.40. The molecule has 0 aromatic heterocycles. The van der Waals surface area contributed by atoms with E-state index in [-0.39, 0.29) is 11.8 Å². The lowest BCUT2D eigenvalue weighted by Crippen LogP contribution is -2.59. The van der Waals surface area contributed by atoms with Crippen LogP contribution in [0.3, 0.4) is 0 Å². The van der Waals surface area contributed by atoms with Crippen molar-refractivity contribution < 1.29 is 9.59 Å². The fourth-order valence-electron chi connectivity index (χ4n) is 2.20. The smallest absolute Gasteiger partial charge is 0.243 e. The summed E-state index contributed by atoms with van der Waals surface area (Å²) in [6.07, 6.45) is 1.35. The van der Waals surface area contributed by atoms with Crippen LogP contribution in [-0.2, 0) is 9.59 Å². The minimum absolute atomic E-state index is 0.00668. The quantitative estimate of drug-likeness (QED) is 0.696. The molecule has 0 aliphatic carbocycles. The summed E-state index contributed by atoms with van der Waals surface area (Å²) in [5.41, 5.74) is 0. The Morgan fingerprint density at radius 3 is 2.75 bits per heavy atom. The summed E-state index contributed by atoms with van der Waals surface area (Å²) in [6.45, 7) is 5.81. The number of imide groups is 1. The van der Waals surface area contributed by atoms with Gasteiger partial charge in [0.2, 0.25) is 11.8 Å². The molecule has 2 saturated heterocycles. The Balaban J connectivity index is 1.87. The van der Waals surface area contributed by atoms with Crippen molar-refractivity contribution in [1.82, 2.24) is 15.1 Å². The van der Waals surface area contributed by atoms with Crippen molar-refractivity contribution in [2.75, 3.05) is 32.7 Å². The molecule has 0 bridgehead atoms. The van der Waals surface area contributed by atoms with E-state index in [2.05, 4.69) is 17.1 Å².